The summed E-state index contributed by atoms with van der Waals surface area (Å²) < 4.78 is 12.2. The summed E-state index contributed by atoms with van der Waals surface area (Å²) >= 11 is 3.44. The molecule has 0 atom stereocenters. The van der Waals surface area contributed by atoms with Crippen LogP contribution in [0.3, 0.4) is 0 Å². The Kier molecular flexibility index (Phi) is 5.35. The molecule has 3 aromatic carbocycles. The van der Waals surface area contributed by atoms with E-state index in [9.17, 15) is 4.79 Å². The van der Waals surface area contributed by atoms with Crippen LogP contribution >= 0.6 is 15.9 Å². The smallest absolute Gasteiger partial charge is 0.259 e. The number of amides is 1. The van der Waals surface area contributed by atoms with Gasteiger partial charge in [0, 0.05) is 15.7 Å². The summed E-state index contributed by atoms with van der Waals surface area (Å²) in [5.74, 6) is 0.860. The molecule has 0 aliphatic rings. The number of hydrogen-bond acceptors (Lipinski definition) is 4. The zero-order valence-corrected chi connectivity index (χ0v) is 18.8. The van der Waals surface area contributed by atoms with Crippen molar-refractivity contribution >= 4 is 38.6 Å². The Labute approximate surface area is 183 Å². The number of nitrogens with zero attached hydrogens (tertiary/aromatic N) is 1. The first-order chi connectivity index (χ1) is 14.4. The minimum Gasteiger partial charge on any atom is -0.496 e. The van der Waals surface area contributed by atoms with Crippen LogP contribution < -0.4 is 10.1 Å². The average Bonchev–Trinajstić information content (AvgIpc) is 3.10. The van der Waals surface area contributed by atoms with Crippen molar-refractivity contribution in [2.45, 2.75) is 20.8 Å². The van der Waals surface area contributed by atoms with E-state index in [4.69, 9.17) is 9.15 Å². The SMILES string of the molecule is COc1c(C)cc(Br)cc1C(=O)Nc1ccc2oc(-c3ccc(C)cc3C)nc2c1. The lowest BCUT2D eigenvalue weighted by molar-refractivity contribution is 0.102. The summed E-state index contributed by atoms with van der Waals surface area (Å²) in [6.07, 6.45) is 0. The summed E-state index contributed by atoms with van der Waals surface area (Å²) in [6.45, 7) is 5.99. The van der Waals surface area contributed by atoms with E-state index < -0.39 is 0 Å². The molecule has 0 saturated carbocycles. The average molecular weight is 465 g/mol. The molecule has 0 bridgehead atoms. The number of ether oxygens (including phenoxy) is 1. The van der Waals surface area contributed by atoms with Gasteiger partial charge < -0.3 is 14.5 Å². The van der Waals surface area contributed by atoms with Crippen LogP contribution in [0.5, 0.6) is 5.75 Å². The largest absolute Gasteiger partial charge is 0.496 e. The Hall–Kier alpha value is -3.12. The highest BCUT2D eigenvalue weighted by Crippen LogP contribution is 2.31. The Morgan fingerprint density at radius 3 is 2.57 bits per heavy atom. The van der Waals surface area contributed by atoms with Gasteiger partial charge in [-0.15, -0.1) is 0 Å². The van der Waals surface area contributed by atoms with Crippen LogP contribution in [0.1, 0.15) is 27.0 Å². The molecular formula is C24H21BrN2O3. The second kappa shape index (κ2) is 7.95. The van der Waals surface area contributed by atoms with Crippen LogP contribution in [0.2, 0.25) is 0 Å². The molecule has 1 heterocycles. The number of rotatable bonds is 4. The Bertz CT molecular complexity index is 1280. The first-order valence-corrected chi connectivity index (χ1v) is 10.3. The van der Waals surface area contributed by atoms with Crippen LogP contribution in [-0.4, -0.2) is 18.0 Å². The predicted octanol–water partition coefficient (Wildman–Crippen LogP) is 6.44. The summed E-state index contributed by atoms with van der Waals surface area (Å²) in [5.41, 5.74) is 6.56. The number of oxazole rings is 1. The van der Waals surface area contributed by atoms with Gasteiger partial charge in [0.2, 0.25) is 5.89 Å². The number of benzene rings is 3. The Morgan fingerprint density at radius 1 is 1.03 bits per heavy atom. The van der Waals surface area contributed by atoms with Gasteiger partial charge in [0.1, 0.15) is 11.3 Å². The fourth-order valence-electron chi connectivity index (χ4n) is 3.54. The number of anilines is 1. The number of aryl methyl sites for hydroxylation is 3. The third-order valence-corrected chi connectivity index (χ3v) is 5.40. The standard InChI is InChI=1S/C24H21BrN2O3/c1-13-5-7-18(14(2)9-13)24-27-20-12-17(6-8-21(20)30-24)26-23(28)19-11-16(25)10-15(3)22(19)29-4/h5-12H,1-4H3,(H,26,28). The number of carbonyl (C=O) groups is 1. The van der Waals surface area contributed by atoms with Gasteiger partial charge in [-0.2, -0.15) is 0 Å². The number of hydrogen-bond donors (Lipinski definition) is 1. The van der Waals surface area contributed by atoms with Gasteiger partial charge in [0.05, 0.1) is 12.7 Å². The molecule has 30 heavy (non-hydrogen) atoms. The van der Waals surface area contributed by atoms with Crippen molar-refractivity contribution in [2.75, 3.05) is 12.4 Å². The van der Waals surface area contributed by atoms with Crippen LogP contribution in [0, 0.1) is 20.8 Å². The molecule has 0 saturated heterocycles. The van der Waals surface area contributed by atoms with Gasteiger partial charge in [-0.1, -0.05) is 33.6 Å². The van der Waals surface area contributed by atoms with Crippen molar-refractivity contribution in [2.24, 2.45) is 0 Å². The molecule has 5 nitrogen and oxygen atoms in total. The van der Waals surface area contributed by atoms with Crippen molar-refractivity contribution in [3.63, 3.8) is 0 Å². The number of nitrogens with one attached hydrogen (secondary N) is 1. The van der Waals surface area contributed by atoms with Crippen LogP contribution in [-0.2, 0) is 0 Å². The normalized spacial score (nSPS) is 11.0. The molecule has 1 aromatic heterocycles. The molecule has 0 fully saturated rings. The molecule has 0 aliphatic heterocycles. The van der Waals surface area contributed by atoms with Crippen LogP contribution in [0.4, 0.5) is 5.69 Å². The fourth-order valence-corrected chi connectivity index (χ4v) is 4.11. The molecule has 0 radical (unpaired) electrons. The number of fused-ring (bicyclic) bond motifs is 1. The first kappa shape index (κ1) is 20.2. The Morgan fingerprint density at radius 2 is 1.83 bits per heavy atom. The summed E-state index contributed by atoms with van der Waals surface area (Å²) in [7, 11) is 1.56. The van der Waals surface area contributed by atoms with E-state index in [1.54, 1.807) is 25.3 Å². The highest BCUT2D eigenvalue weighted by Gasteiger charge is 2.17. The van der Waals surface area contributed by atoms with Crippen molar-refractivity contribution < 1.29 is 13.9 Å². The molecule has 1 N–H and O–H groups in total. The Balaban J connectivity index is 1.66. The highest BCUT2D eigenvalue weighted by molar-refractivity contribution is 9.10. The van der Waals surface area contributed by atoms with E-state index >= 15 is 0 Å². The minimum atomic E-state index is -0.256. The van der Waals surface area contributed by atoms with Gasteiger partial charge in [-0.3, -0.25) is 4.79 Å². The van der Waals surface area contributed by atoms with Gasteiger partial charge in [0.25, 0.3) is 5.91 Å². The molecule has 4 rings (SSSR count). The monoisotopic (exact) mass is 464 g/mol. The van der Waals surface area contributed by atoms with Crippen molar-refractivity contribution in [1.29, 1.82) is 0 Å². The van der Waals surface area contributed by atoms with E-state index in [2.05, 4.69) is 39.2 Å². The molecule has 0 unspecified atom stereocenters. The third-order valence-electron chi connectivity index (χ3n) is 4.95. The lowest BCUT2D eigenvalue weighted by Gasteiger charge is -2.12. The predicted molar refractivity (Wildman–Crippen MR) is 122 cm³/mol. The van der Waals surface area contributed by atoms with Crippen LogP contribution in [0.25, 0.3) is 22.6 Å². The minimum absolute atomic E-state index is 0.256. The zero-order valence-electron chi connectivity index (χ0n) is 17.2. The first-order valence-electron chi connectivity index (χ1n) is 9.49. The van der Waals surface area contributed by atoms with Gasteiger partial charge >= 0.3 is 0 Å². The van der Waals surface area contributed by atoms with Crippen LogP contribution in [0.15, 0.2) is 57.4 Å². The molecule has 4 aromatic rings. The van der Waals surface area contributed by atoms with Crippen molar-refractivity contribution in [1.82, 2.24) is 4.98 Å². The van der Waals surface area contributed by atoms with Gasteiger partial charge in [-0.05, 0) is 68.3 Å². The molecule has 1 amide bonds. The molecule has 6 heteroatoms. The van der Waals surface area contributed by atoms with E-state index in [1.165, 1.54) is 5.56 Å². The van der Waals surface area contributed by atoms with E-state index in [-0.39, 0.29) is 5.91 Å². The molecule has 152 valence electrons. The summed E-state index contributed by atoms with van der Waals surface area (Å²) in [6, 6.07) is 15.2. The highest BCUT2D eigenvalue weighted by atomic mass is 79.9. The third kappa shape index (κ3) is 3.83. The topological polar surface area (TPSA) is 64.4 Å². The van der Waals surface area contributed by atoms with E-state index in [0.717, 1.165) is 21.2 Å². The van der Waals surface area contributed by atoms with Gasteiger partial charge in [-0.25, -0.2) is 4.98 Å². The fraction of sp³-hybridized carbons (Fsp3) is 0.167. The maximum atomic E-state index is 12.9. The number of methoxy groups -OCH3 is 1. The number of halogens is 1. The van der Waals surface area contributed by atoms with E-state index in [0.29, 0.717) is 34.0 Å². The maximum Gasteiger partial charge on any atom is 0.259 e. The molecular weight excluding hydrogens is 444 g/mol. The molecule has 0 aliphatic carbocycles. The zero-order chi connectivity index (χ0) is 21.4. The molecule has 0 spiro atoms. The lowest BCUT2D eigenvalue weighted by atomic mass is 10.1. The summed E-state index contributed by atoms with van der Waals surface area (Å²) in [4.78, 5) is 17.5. The second-order valence-corrected chi connectivity index (χ2v) is 8.19. The quantitative estimate of drug-likeness (QED) is 0.377. The summed E-state index contributed by atoms with van der Waals surface area (Å²) in [5, 5.41) is 2.93. The lowest BCUT2D eigenvalue weighted by Crippen LogP contribution is -2.13. The second-order valence-electron chi connectivity index (χ2n) is 7.28. The van der Waals surface area contributed by atoms with Crippen molar-refractivity contribution in [3.8, 4) is 17.2 Å². The maximum absolute atomic E-state index is 12.9. The van der Waals surface area contributed by atoms with E-state index in [1.807, 2.05) is 38.1 Å². The van der Waals surface area contributed by atoms with Crippen molar-refractivity contribution in [3.05, 3.63) is 75.3 Å². The number of carbonyl (C=O) groups excluding carboxylic acids is 1. The van der Waals surface area contributed by atoms with Gasteiger partial charge in [0.15, 0.2) is 5.58 Å². The number of aromatic nitrogens is 1.